The quantitative estimate of drug-likeness (QED) is 0.222. The first-order valence-corrected chi connectivity index (χ1v) is 12.0. The fraction of sp³-hybridized carbons (Fsp3) is 0.174. The Labute approximate surface area is 207 Å². The third-order valence-electron chi connectivity index (χ3n) is 4.27. The van der Waals surface area contributed by atoms with Crippen LogP contribution in [-0.4, -0.2) is 42.2 Å². The smallest absolute Gasteiger partial charge is 0.338 e. The lowest BCUT2D eigenvalue weighted by atomic mass is 10.2. The van der Waals surface area contributed by atoms with Crippen molar-refractivity contribution >= 4 is 72.4 Å². The second kappa shape index (κ2) is 11.0. The molecule has 6 nitrogen and oxygen atoms in total. The Morgan fingerprint density at radius 2 is 1.88 bits per heavy atom. The summed E-state index contributed by atoms with van der Waals surface area (Å²) in [5.41, 5.74) is 1.92. The van der Waals surface area contributed by atoms with Crippen LogP contribution in [0.2, 0.25) is 0 Å². The highest BCUT2D eigenvalue weighted by atomic mass is 79.9. The van der Waals surface area contributed by atoms with Crippen LogP contribution in [0, 0.1) is 0 Å². The first-order chi connectivity index (χ1) is 15.3. The molecule has 0 radical (unpaired) electrons. The van der Waals surface area contributed by atoms with Gasteiger partial charge < -0.3 is 9.47 Å². The summed E-state index contributed by atoms with van der Waals surface area (Å²) in [7, 11) is 1.68. The van der Waals surface area contributed by atoms with Crippen LogP contribution in [0.1, 0.15) is 22.8 Å². The average Bonchev–Trinajstić information content (AvgIpc) is 3.01. The fourth-order valence-electron chi connectivity index (χ4n) is 2.74. The molecule has 2 aromatic carbocycles. The van der Waals surface area contributed by atoms with Crippen molar-refractivity contribution in [1.82, 2.24) is 4.90 Å². The summed E-state index contributed by atoms with van der Waals surface area (Å²) in [6.07, 6.45) is 3.48. The molecule has 0 bridgehead atoms. The summed E-state index contributed by atoms with van der Waals surface area (Å²) >= 11 is 8.30. The number of carbonyl (C=O) groups is 2. The summed E-state index contributed by atoms with van der Waals surface area (Å²) in [6.45, 7) is 6.12. The molecule has 0 aromatic heterocycles. The minimum atomic E-state index is -0.377. The molecule has 1 fully saturated rings. The Morgan fingerprint density at radius 3 is 2.47 bits per heavy atom. The molecule has 166 valence electrons. The molecule has 1 amide bonds. The second-order valence-corrected chi connectivity index (χ2v) is 9.27. The van der Waals surface area contributed by atoms with Crippen LogP contribution in [0.3, 0.4) is 0 Å². The maximum Gasteiger partial charge on any atom is 0.338 e. The molecule has 0 unspecified atom stereocenters. The van der Waals surface area contributed by atoms with E-state index in [1.807, 2.05) is 18.2 Å². The molecule has 0 aliphatic carbocycles. The van der Waals surface area contributed by atoms with Crippen molar-refractivity contribution in [3.63, 3.8) is 0 Å². The molecule has 0 spiro atoms. The van der Waals surface area contributed by atoms with Gasteiger partial charge in [0.25, 0.3) is 5.91 Å². The van der Waals surface area contributed by atoms with Gasteiger partial charge in [0, 0.05) is 7.05 Å². The number of rotatable bonds is 7. The zero-order valence-corrected chi connectivity index (χ0v) is 21.4. The van der Waals surface area contributed by atoms with Gasteiger partial charge in [0.15, 0.2) is 5.17 Å². The first kappa shape index (κ1) is 24.3. The van der Waals surface area contributed by atoms with E-state index in [0.717, 1.165) is 14.5 Å². The lowest BCUT2D eigenvalue weighted by Crippen LogP contribution is -2.23. The zero-order valence-electron chi connectivity index (χ0n) is 17.4. The van der Waals surface area contributed by atoms with Crippen LogP contribution in [0.25, 0.3) is 6.08 Å². The topological polar surface area (TPSA) is 68.2 Å². The monoisotopic (exact) mass is 578 g/mol. The molecular weight excluding hydrogens is 560 g/mol. The largest absolute Gasteiger partial charge is 0.487 e. The van der Waals surface area contributed by atoms with E-state index in [2.05, 4.69) is 43.4 Å². The number of aliphatic imine (C=N–C) groups is 1. The Bertz CT molecular complexity index is 1090. The molecular formula is C23H20Br2N2O4S. The molecule has 1 heterocycles. The van der Waals surface area contributed by atoms with Crippen LogP contribution in [0.15, 0.2) is 67.9 Å². The summed E-state index contributed by atoms with van der Waals surface area (Å²) in [4.78, 5) is 31.1. The third-order valence-corrected chi connectivity index (χ3v) is 6.51. The summed E-state index contributed by atoms with van der Waals surface area (Å²) in [5, 5.41) is 0.550. The van der Waals surface area contributed by atoms with Crippen molar-refractivity contribution in [2.24, 2.45) is 4.99 Å². The SMILES string of the molecule is C=CCOc1c(Br)cc(/C=C2/SC(=Nc3ccc(C(=O)OCC)cc3)N(C)C2=O)cc1Br. The van der Waals surface area contributed by atoms with Gasteiger partial charge in [-0.15, -0.1) is 0 Å². The Kier molecular flexibility index (Phi) is 8.33. The van der Waals surface area contributed by atoms with Crippen LogP contribution in [-0.2, 0) is 9.53 Å². The number of halogens is 2. The van der Waals surface area contributed by atoms with Crippen LogP contribution in [0.5, 0.6) is 5.75 Å². The van der Waals surface area contributed by atoms with Gasteiger partial charge in [-0.2, -0.15) is 0 Å². The molecule has 2 aromatic rings. The van der Waals surface area contributed by atoms with Crippen LogP contribution >= 0.6 is 43.6 Å². The van der Waals surface area contributed by atoms with Gasteiger partial charge in [-0.3, -0.25) is 9.69 Å². The predicted molar refractivity (Wildman–Crippen MR) is 135 cm³/mol. The van der Waals surface area contributed by atoms with Gasteiger partial charge in [0.05, 0.1) is 31.7 Å². The van der Waals surface area contributed by atoms with E-state index in [-0.39, 0.29) is 11.9 Å². The molecule has 1 saturated heterocycles. The van der Waals surface area contributed by atoms with Crippen molar-refractivity contribution in [3.8, 4) is 5.75 Å². The second-order valence-electron chi connectivity index (χ2n) is 6.55. The standard InChI is InChI=1S/C23H20Br2N2O4S/c1-4-10-31-20-17(24)11-14(12-18(20)25)13-19-21(28)27(3)23(32-19)26-16-8-6-15(7-9-16)22(29)30-5-2/h4,6-9,11-13H,1,5,10H2,2-3H3/b19-13+,26-23?. The number of ether oxygens (including phenoxy) is 2. The fourth-order valence-corrected chi connectivity index (χ4v) is 5.18. The van der Waals surface area contributed by atoms with Crippen molar-refractivity contribution in [2.45, 2.75) is 6.92 Å². The minimum absolute atomic E-state index is 0.142. The Hall–Kier alpha value is -2.36. The van der Waals surface area contributed by atoms with Gasteiger partial charge in [-0.25, -0.2) is 9.79 Å². The van der Waals surface area contributed by atoms with E-state index in [4.69, 9.17) is 9.47 Å². The van der Waals surface area contributed by atoms with E-state index >= 15 is 0 Å². The molecule has 32 heavy (non-hydrogen) atoms. The van der Waals surface area contributed by atoms with Gasteiger partial charge in [-0.05, 0) is 98.6 Å². The van der Waals surface area contributed by atoms with Crippen LogP contribution in [0.4, 0.5) is 5.69 Å². The highest BCUT2D eigenvalue weighted by Gasteiger charge is 2.30. The van der Waals surface area contributed by atoms with E-state index in [1.165, 1.54) is 16.7 Å². The number of amides is 1. The highest BCUT2D eigenvalue weighted by Crippen LogP contribution is 2.38. The molecule has 1 aliphatic rings. The zero-order chi connectivity index (χ0) is 23.3. The van der Waals surface area contributed by atoms with Gasteiger partial charge in [-0.1, -0.05) is 12.7 Å². The number of benzene rings is 2. The number of nitrogens with zero attached hydrogens (tertiary/aromatic N) is 2. The first-order valence-electron chi connectivity index (χ1n) is 9.60. The summed E-state index contributed by atoms with van der Waals surface area (Å²) < 4.78 is 12.2. The van der Waals surface area contributed by atoms with E-state index < -0.39 is 0 Å². The van der Waals surface area contributed by atoms with E-state index in [0.29, 0.717) is 40.3 Å². The normalized spacial score (nSPS) is 16.0. The number of hydrogen-bond acceptors (Lipinski definition) is 6. The van der Waals surface area contributed by atoms with Crippen molar-refractivity contribution in [1.29, 1.82) is 0 Å². The third kappa shape index (κ3) is 5.70. The predicted octanol–water partition coefficient (Wildman–Crippen LogP) is 6.19. The molecule has 0 N–H and O–H groups in total. The van der Waals surface area contributed by atoms with Gasteiger partial charge >= 0.3 is 5.97 Å². The number of amidine groups is 1. The number of carbonyl (C=O) groups excluding carboxylic acids is 2. The van der Waals surface area contributed by atoms with Gasteiger partial charge in [0.2, 0.25) is 0 Å². The van der Waals surface area contributed by atoms with Crippen molar-refractivity contribution < 1.29 is 19.1 Å². The Morgan fingerprint density at radius 1 is 1.22 bits per heavy atom. The number of hydrogen-bond donors (Lipinski definition) is 0. The van der Waals surface area contributed by atoms with Crippen molar-refractivity contribution in [3.05, 3.63) is 74.0 Å². The lowest BCUT2D eigenvalue weighted by Gasteiger charge is -2.09. The lowest BCUT2D eigenvalue weighted by molar-refractivity contribution is -0.121. The van der Waals surface area contributed by atoms with E-state index in [9.17, 15) is 9.59 Å². The molecule has 0 saturated carbocycles. The van der Waals surface area contributed by atoms with E-state index in [1.54, 1.807) is 44.3 Å². The Balaban J connectivity index is 1.82. The average molecular weight is 580 g/mol. The number of esters is 1. The van der Waals surface area contributed by atoms with Crippen molar-refractivity contribution in [2.75, 3.05) is 20.3 Å². The molecule has 1 aliphatic heterocycles. The highest BCUT2D eigenvalue weighted by molar-refractivity contribution is 9.11. The van der Waals surface area contributed by atoms with Crippen LogP contribution < -0.4 is 4.74 Å². The molecule has 0 atom stereocenters. The van der Waals surface area contributed by atoms with Gasteiger partial charge in [0.1, 0.15) is 12.4 Å². The summed E-state index contributed by atoms with van der Waals surface area (Å²) in [6, 6.07) is 10.5. The molecule has 9 heteroatoms. The number of thioether (sulfide) groups is 1. The maximum atomic E-state index is 12.7. The molecule has 3 rings (SSSR count). The minimum Gasteiger partial charge on any atom is -0.487 e. The maximum absolute atomic E-state index is 12.7. The number of likely N-dealkylation sites (N-methyl/N-ethyl adjacent to an activating group) is 1. The summed E-state index contributed by atoms with van der Waals surface area (Å²) in [5.74, 6) is 0.150.